The van der Waals surface area contributed by atoms with E-state index in [1.807, 2.05) is 35.8 Å². The van der Waals surface area contributed by atoms with Gasteiger partial charge in [-0.2, -0.15) is 4.98 Å². The Bertz CT molecular complexity index is 952. The second-order valence-corrected chi connectivity index (χ2v) is 5.92. The van der Waals surface area contributed by atoms with Crippen LogP contribution in [0.25, 0.3) is 0 Å². The standard InChI is InChI=1S/C18H17ClN6O2/c19-14-8-12(6-7-15(14)27-10-11-4-2-1-3-5-11)23-16-13(17(26)25-21)9-22-18(20)24-16/h1-9H,10,21H2,(H,25,26)(H3,20,22,23,24). The molecule has 1 amide bonds. The molecular formula is C18H17ClN6O2. The molecule has 2 aromatic carbocycles. The number of halogens is 1. The first kappa shape index (κ1) is 18.4. The minimum absolute atomic E-state index is 0.0139. The van der Waals surface area contributed by atoms with Gasteiger partial charge in [-0.3, -0.25) is 10.2 Å². The summed E-state index contributed by atoms with van der Waals surface area (Å²) in [5, 5.41) is 3.39. The number of nitrogens with one attached hydrogen (secondary N) is 2. The molecule has 0 aliphatic heterocycles. The summed E-state index contributed by atoms with van der Waals surface area (Å²) in [6.45, 7) is 0.399. The van der Waals surface area contributed by atoms with Crippen molar-refractivity contribution in [1.82, 2.24) is 15.4 Å². The Balaban J connectivity index is 1.76. The number of nitrogen functional groups attached to an aromatic ring is 2. The number of hydrogen-bond acceptors (Lipinski definition) is 7. The van der Waals surface area contributed by atoms with Crippen LogP contribution in [-0.2, 0) is 6.61 Å². The van der Waals surface area contributed by atoms with Crippen molar-refractivity contribution in [1.29, 1.82) is 0 Å². The molecule has 0 unspecified atom stereocenters. The number of amides is 1. The number of aromatic nitrogens is 2. The molecular weight excluding hydrogens is 368 g/mol. The molecule has 1 heterocycles. The van der Waals surface area contributed by atoms with Gasteiger partial charge in [0, 0.05) is 11.9 Å². The summed E-state index contributed by atoms with van der Waals surface area (Å²) in [5.41, 5.74) is 9.41. The molecule has 9 heteroatoms. The van der Waals surface area contributed by atoms with Crippen molar-refractivity contribution in [2.75, 3.05) is 11.1 Å². The van der Waals surface area contributed by atoms with E-state index in [-0.39, 0.29) is 17.3 Å². The number of rotatable bonds is 6. The SMILES string of the molecule is NNC(=O)c1cnc(N)nc1Nc1ccc(OCc2ccccc2)c(Cl)c1. The van der Waals surface area contributed by atoms with Crippen LogP contribution in [0.1, 0.15) is 15.9 Å². The van der Waals surface area contributed by atoms with E-state index in [9.17, 15) is 4.79 Å². The number of benzene rings is 2. The molecule has 1 aromatic heterocycles. The van der Waals surface area contributed by atoms with Crippen LogP contribution >= 0.6 is 11.6 Å². The average molecular weight is 385 g/mol. The molecule has 0 spiro atoms. The van der Waals surface area contributed by atoms with Crippen LogP contribution in [0.15, 0.2) is 54.7 Å². The highest BCUT2D eigenvalue weighted by Gasteiger charge is 2.14. The molecule has 3 rings (SSSR count). The van der Waals surface area contributed by atoms with Gasteiger partial charge in [0.2, 0.25) is 5.95 Å². The first-order valence-electron chi connectivity index (χ1n) is 7.93. The zero-order valence-electron chi connectivity index (χ0n) is 14.1. The van der Waals surface area contributed by atoms with Crippen LogP contribution in [-0.4, -0.2) is 15.9 Å². The van der Waals surface area contributed by atoms with Crippen LogP contribution < -0.4 is 27.1 Å². The van der Waals surface area contributed by atoms with E-state index in [0.717, 1.165) is 5.56 Å². The largest absolute Gasteiger partial charge is 0.487 e. The van der Waals surface area contributed by atoms with E-state index >= 15 is 0 Å². The second-order valence-electron chi connectivity index (χ2n) is 5.51. The lowest BCUT2D eigenvalue weighted by atomic mass is 10.2. The summed E-state index contributed by atoms with van der Waals surface area (Å²) < 4.78 is 5.74. The van der Waals surface area contributed by atoms with Gasteiger partial charge in [-0.25, -0.2) is 10.8 Å². The fraction of sp³-hybridized carbons (Fsp3) is 0.0556. The third-order valence-corrected chi connectivity index (χ3v) is 3.91. The van der Waals surface area contributed by atoms with Crippen LogP contribution in [0, 0.1) is 0 Å². The van der Waals surface area contributed by atoms with Crippen LogP contribution in [0.5, 0.6) is 5.75 Å². The van der Waals surface area contributed by atoms with Crippen LogP contribution in [0.4, 0.5) is 17.5 Å². The van der Waals surface area contributed by atoms with Gasteiger partial charge in [0.15, 0.2) is 0 Å². The number of anilines is 3. The van der Waals surface area contributed by atoms with E-state index in [1.165, 1.54) is 6.20 Å². The molecule has 0 saturated carbocycles. The first-order chi connectivity index (χ1) is 13.1. The van der Waals surface area contributed by atoms with Gasteiger partial charge in [0.05, 0.1) is 5.02 Å². The van der Waals surface area contributed by atoms with Crippen LogP contribution in [0.3, 0.4) is 0 Å². The highest BCUT2D eigenvalue weighted by atomic mass is 35.5. The number of ether oxygens (including phenoxy) is 1. The van der Waals surface area contributed by atoms with E-state index in [1.54, 1.807) is 18.2 Å². The smallest absolute Gasteiger partial charge is 0.270 e. The van der Waals surface area contributed by atoms with E-state index in [0.29, 0.717) is 23.1 Å². The molecule has 0 radical (unpaired) electrons. The topological polar surface area (TPSA) is 128 Å². The Labute approximate surface area is 160 Å². The fourth-order valence-electron chi connectivity index (χ4n) is 2.30. The summed E-state index contributed by atoms with van der Waals surface area (Å²) in [7, 11) is 0. The maximum absolute atomic E-state index is 11.8. The van der Waals surface area contributed by atoms with Crippen molar-refractivity contribution in [2.24, 2.45) is 5.84 Å². The minimum Gasteiger partial charge on any atom is -0.487 e. The fourth-order valence-corrected chi connectivity index (χ4v) is 2.54. The molecule has 6 N–H and O–H groups in total. The molecule has 0 aliphatic rings. The molecule has 0 bridgehead atoms. The molecule has 138 valence electrons. The van der Waals surface area contributed by atoms with Crippen molar-refractivity contribution < 1.29 is 9.53 Å². The third kappa shape index (κ3) is 4.63. The molecule has 0 atom stereocenters. The maximum Gasteiger partial charge on any atom is 0.270 e. The Morgan fingerprint density at radius 2 is 1.96 bits per heavy atom. The van der Waals surface area contributed by atoms with E-state index in [4.69, 9.17) is 27.9 Å². The average Bonchev–Trinajstić information content (AvgIpc) is 2.68. The monoisotopic (exact) mass is 384 g/mol. The Hall–Kier alpha value is -3.36. The highest BCUT2D eigenvalue weighted by molar-refractivity contribution is 6.32. The molecule has 8 nitrogen and oxygen atoms in total. The van der Waals surface area contributed by atoms with Gasteiger partial charge in [-0.15, -0.1) is 0 Å². The van der Waals surface area contributed by atoms with Gasteiger partial charge >= 0.3 is 0 Å². The lowest BCUT2D eigenvalue weighted by Gasteiger charge is -2.12. The van der Waals surface area contributed by atoms with Gasteiger partial charge in [-0.1, -0.05) is 41.9 Å². The number of hydrazine groups is 1. The molecule has 0 saturated heterocycles. The van der Waals surface area contributed by atoms with Gasteiger partial charge in [-0.05, 0) is 23.8 Å². The van der Waals surface area contributed by atoms with Gasteiger partial charge in [0.25, 0.3) is 5.91 Å². The molecule has 27 heavy (non-hydrogen) atoms. The summed E-state index contributed by atoms with van der Waals surface area (Å²) in [6, 6.07) is 14.9. The number of carbonyl (C=O) groups excluding carboxylic acids is 1. The second kappa shape index (κ2) is 8.35. The van der Waals surface area contributed by atoms with Gasteiger partial charge < -0.3 is 15.8 Å². The number of nitrogens with zero attached hydrogens (tertiary/aromatic N) is 2. The number of nitrogens with two attached hydrogens (primary N) is 2. The van der Waals surface area contributed by atoms with Crippen molar-refractivity contribution in [3.8, 4) is 5.75 Å². The zero-order chi connectivity index (χ0) is 19.2. The summed E-state index contributed by atoms with van der Waals surface area (Å²) >= 11 is 6.30. The lowest BCUT2D eigenvalue weighted by molar-refractivity contribution is 0.0954. The number of carbonyl (C=O) groups is 1. The summed E-state index contributed by atoms with van der Waals surface area (Å²) in [4.78, 5) is 19.7. The molecule has 0 fully saturated rings. The Kier molecular flexibility index (Phi) is 5.70. The maximum atomic E-state index is 11.8. The highest BCUT2D eigenvalue weighted by Crippen LogP contribution is 2.30. The minimum atomic E-state index is -0.550. The zero-order valence-corrected chi connectivity index (χ0v) is 14.9. The summed E-state index contributed by atoms with van der Waals surface area (Å²) in [5.74, 6) is 5.39. The third-order valence-electron chi connectivity index (χ3n) is 3.61. The van der Waals surface area contributed by atoms with Crippen molar-refractivity contribution in [2.45, 2.75) is 6.61 Å². The lowest BCUT2D eigenvalue weighted by Crippen LogP contribution is -2.31. The van der Waals surface area contributed by atoms with E-state index in [2.05, 4.69) is 15.3 Å². The molecule has 3 aromatic rings. The predicted molar refractivity (Wildman–Crippen MR) is 104 cm³/mol. The Morgan fingerprint density at radius 1 is 1.19 bits per heavy atom. The van der Waals surface area contributed by atoms with Crippen molar-refractivity contribution in [3.05, 3.63) is 70.9 Å². The van der Waals surface area contributed by atoms with Crippen LogP contribution in [0.2, 0.25) is 5.02 Å². The summed E-state index contributed by atoms with van der Waals surface area (Å²) in [6.07, 6.45) is 1.28. The number of hydrogen-bond donors (Lipinski definition) is 4. The quantitative estimate of drug-likeness (QED) is 0.292. The normalized spacial score (nSPS) is 10.3. The van der Waals surface area contributed by atoms with Gasteiger partial charge in [0.1, 0.15) is 23.7 Å². The van der Waals surface area contributed by atoms with Crippen molar-refractivity contribution in [3.63, 3.8) is 0 Å². The van der Waals surface area contributed by atoms with Crippen molar-refractivity contribution >= 4 is 35.0 Å². The van der Waals surface area contributed by atoms with E-state index < -0.39 is 5.91 Å². The first-order valence-corrected chi connectivity index (χ1v) is 8.31. The molecule has 0 aliphatic carbocycles. The Morgan fingerprint density at radius 3 is 2.67 bits per heavy atom. The predicted octanol–water partition coefficient (Wildman–Crippen LogP) is 2.64.